The minimum atomic E-state index is -4.92. The Morgan fingerprint density at radius 3 is 2.38 bits per heavy atom. The molecule has 0 bridgehead atoms. The van der Waals surface area contributed by atoms with E-state index in [9.17, 15) is 9.59 Å². The van der Waals surface area contributed by atoms with Gasteiger partial charge in [-0.2, -0.15) is 13.2 Å². The van der Waals surface area contributed by atoms with E-state index >= 15 is 13.2 Å². The molecule has 0 unspecified atom stereocenters. The molecule has 180 valence electrons. The van der Waals surface area contributed by atoms with Crippen molar-refractivity contribution in [3.63, 3.8) is 0 Å². The minimum absolute atomic E-state index is 0.0000857. The summed E-state index contributed by atoms with van der Waals surface area (Å²) in [7, 11) is 2.61. The number of halogens is 4. The van der Waals surface area contributed by atoms with Gasteiger partial charge in [0.2, 0.25) is 0 Å². The van der Waals surface area contributed by atoms with Gasteiger partial charge in [-0.15, -0.1) is 0 Å². The smallest absolute Gasteiger partial charge is 0.417 e. The summed E-state index contributed by atoms with van der Waals surface area (Å²) in [5.41, 5.74) is -2.44. The largest absolute Gasteiger partial charge is 0.497 e. The van der Waals surface area contributed by atoms with Crippen molar-refractivity contribution in [2.45, 2.75) is 31.6 Å². The first-order chi connectivity index (χ1) is 16.1. The van der Waals surface area contributed by atoms with E-state index in [-0.39, 0.29) is 34.8 Å². The summed E-state index contributed by atoms with van der Waals surface area (Å²) in [6.45, 7) is 1.54. The molecule has 2 aromatic carbocycles. The summed E-state index contributed by atoms with van der Waals surface area (Å²) in [5, 5.41) is 0.0856. The van der Waals surface area contributed by atoms with Gasteiger partial charge in [-0.05, 0) is 42.3 Å². The van der Waals surface area contributed by atoms with Crippen LogP contribution >= 0.6 is 11.6 Å². The van der Waals surface area contributed by atoms with Gasteiger partial charge in [0.25, 0.3) is 0 Å². The van der Waals surface area contributed by atoms with E-state index in [0.29, 0.717) is 16.2 Å². The molecular formula is C24H22ClF3N2O4. The highest BCUT2D eigenvalue weighted by molar-refractivity contribution is 6.30. The van der Waals surface area contributed by atoms with Gasteiger partial charge in [0.1, 0.15) is 5.75 Å². The van der Waals surface area contributed by atoms with Gasteiger partial charge in [0.15, 0.2) is 5.54 Å². The molecule has 34 heavy (non-hydrogen) atoms. The molecule has 0 saturated carbocycles. The first-order valence-electron chi connectivity index (χ1n) is 10.5. The van der Waals surface area contributed by atoms with Crippen LogP contribution in [0.1, 0.15) is 24.5 Å². The van der Waals surface area contributed by atoms with E-state index in [2.05, 4.69) is 0 Å². The lowest BCUT2D eigenvalue weighted by atomic mass is 9.72. The number of alkyl halides is 3. The number of carbonyl (C=O) groups excluding carboxylic acids is 2. The van der Waals surface area contributed by atoms with Crippen molar-refractivity contribution in [1.82, 2.24) is 4.90 Å². The number of carbonyl (C=O) groups is 2. The maximum atomic E-state index is 15.0. The molecule has 0 N–H and O–H groups in total. The number of urea groups is 1. The fourth-order valence-electron chi connectivity index (χ4n) is 4.91. The average molecular weight is 495 g/mol. The average Bonchev–Trinajstić information content (AvgIpc) is 3.18. The van der Waals surface area contributed by atoms with Gasteiger partial charge >= 0.3 is 18.2 Å². The first kappa shape index (κ1) is 23.9. The van der Waals surface area contributed by atoms with Gasteiger partial charge in [-0.3, -0.25) is 9.80 Å². The third kappa shape index (κ3) is 3.41. The summed E-state index contributed by atoms with van der Waals surface area (Å²) in [6, 6.07) is 10.0. The van der Waals surface area contributed by atoms with Crippen LogP contribution in [0.4, 0.5) is 23.7 Å². The van der Waals surface area contributed by atoms with Crippen LogP contribution in [0, 0.1) is 5.92 Å². The fourth-order valence-corrected chi connectivity index (χ4v) is 5.08. The Morgan fingerprint density at radius 2 is 1.82 bits per heavy atom. The highest BCUT2D eigenvalue weighted by atomic mass is 35.5. The molecule has 2 aromatic rings. The van der Waals surface area contributed by atoms with E-state index in [0.717, 1.165) is 13.3 Å². The lowest BCUT2D eigenvalue weighted by Crippen LogP contribution is -2.63. The Kier molecular flexibility index (Phi) is 6.01. The lowest BCUT2D eigenvalue weighted by molar-refractivity contribution is -0.231. The summed E-state index contributed by atoms with van der Waals surface area (Å²) in [5.74, 6) is -1.68. The SMILES string of the molecule is CC[C@@H]1C(C(=O)OC)=CN2C(=O)N(Cc3ccc(OC)cc3)c3ccc(Cl)cc3[C@]12C(F)(F)F. The summed E-state index contributed by atoms with van der Waals surface area (Å²) in [4.78, 5) is 28.0. The number of rotatable bonds is 5. The Balaban J connectivity index is 1.95. The third-order valence-electron chi connectivity index (χ3n) is 6.39. The zero-order valence-corrected chi connectivity index (χ0v) is 19.4. The second kappa shape index (κ2) is 8.54. The van der Waals surface area contributed by atoms with Crippen molar-refractivity contribution in [3.05, 3.63) is 70.4 Å². The summed E-state index contributed by atoms with van der Waals surface area (Å²) < 4.78 is 55.0. The highest BCUT2D eigenvalue weighted by Crippen LogP contribution is 2.61. The highest BCUT2D eigenvalue weighted by Gasteiger charge is 2.71. The molecule has 2 amide bonds. The van der Waals surface area contributed by atoms with Gasteiger partial charge in [-0.1, -0.05) is 30.7 Å². The van der Waals surface area contributed by atoms with E-state index in [1.54, 1.807) is 24.3 Å². The molecule has 2 aliphatic rings. The second-order valence-corrected chi connectivity index (χ2v) is 8.49. The molecule has 0 radical (unpaired) electrons. The number of amides is 2. The van der Waals surface area contributed by atoms with Gasteiger partial charge in [0.05, 0.1) is 32.0 Å². The lowest BCUT2D eigenvalue weighted by Gasteiger charge is -2.50. The summed E-state index contributed by atoms with van der Waals surface area (Å²) in [6.07, 6.45) is -4.00. The number of benzene rings is 2. The Morgan fingerprint density at radius 1 is 1.15 bits per heavy atom. The van der Waals surface area contributed by atoms with Crippen LogP contribution in [0.5, 0.6) is 5.75 Å². The van der Waals surface area contributed by atoms with Crippen molar-refractivity contribution in [2.75, 3.05) is 19.1 Å². The van der Waals surface area contributed by atoms with Crippen LogP contribution < -0.4 is 9.64 Å². The molecule has 6 nitrogen and oxygen atoms in total. The third-order valence-corrected chi connectivity index (χ3v) is 6.62. The van der Waals surface area contributed by atoms with Crippen LogP contribution in [0.25, 0.3) is 0 Å². The minimum Gasteiger partial charge on any atom is -0.497 e. The number of hydrogen-bond donors (Lipinski definition) is 0. The van der Waals surface area contributed by atoms with Crippen LogP contribution in [0.3, 0.4) is 0 Å². The van der Waals surface area contributed by atoms with E-state index in [1.807, 2.05) is 0 Å². The van der Waals surface area contributed by atoms with Crippen LogP contribution in [-0.2, 0) is 21.6 Å². The number of anilines is 1. The quantitative estimate of drug-likeness (QED) is 0.504. The number of methoxy groups -OCH3 is 2. The van der Waals surface area contributed by atoms with Crippen molar-refractivity contribution in [1.29, 1.82) is 0 Å². The zero-order chi connectivity index (χ0) is 24.8. The van der Waals surface area contributed by atoms with E-state index < -0.39 is 29.6 Å². The molecule has 4 rings (SSSR count). The van der Waals surface area contributed by atoms with Gasteiger partial charge in [0, 0.05) is 22.7 Å². The standard InChI is InChI=1S/C24H22ClF3N2O4/c1-4-18-17(21(31)34-3)13-30-22(32)29(12-14-5-8-16(33-2)9-6-14)20-10-7-15(25)11-19(20)23(18,30)24(26,27)28/h5-11,13,18H,4,12H2,1-3H3/t18-,23+/m1/s1. The molecule has 0 fully saturated rings. The van der Waals surface area contributed by atoms with Crippen LogP contribution in [0.15, 0.2) is 54.2 Å². The molecule has 0 aromatic heterocycles. The molecule has 2 aliphatic heterocycles. The maximum Gasteiger partial charge on any atom is 0.417 e. The second-order valence-electron chi connectivity index (χ2n) is 8.05. The predicted octanol–water partition coefficient (Wildman–Crippen LogP) is 5.65. The van der Waals surface area contributed by atoms with E-state index in [1.165, 1.54) is 37.1 Å². The monoisotopic (exact) mass is 494 g/mol. The topological polar surface area (TPSA) is 59.1 Å². The van der Waals surface area contributed by atoms with Crippen LogP contribution in [-0.4, -0.2) is 37.3 Å². The maximum absolute atomic E-state index is 15.0. The first-order valence-corrected chi connectivity index (χ1v) is 10.9. The Hall–Kier alpha value is -3.20. The molecular weight excluding hydrogens is 473 g/mol. The van der Waals surface area contributed by atoms with Gasteiger partial charge in [-0.25, -0.2) is 9.59 Å². The normalized spacial score (nSPS) is 21.7. The number of esters is 1. The molecule has 0 saturated heterocycles. The van der Waals surface area contributed by atoms with Crippen molar-refractivity contribution < 1.29 is 32.2 Å². The Labute approximate surface area is 199 Å². The van der Waals surface area contributed by atoms with Crippen molar-refractivity contribution >= 4 is 29.3 Å². The molecule has 2 atom stereocenters. The number of ether oxygens (including phenoxy) is 2. The van der Waals surface area contributed by atoms with Gasteiger partial charge < -0.3 is 9.47 Å². The molecule has 10 heteroatoms. The van der Waals surface area contributed by atoms with Crippen molar-refractivity contribution in [2.24, 2.45) is 5.92 Å². The predicted molar refractivity (Wildman–Crippen MR) is 119 cm³/mol. The Bertz CT molecular complexity index is 1170. The van der Waals surface area contributed by atoms with E-state index in [4.69, 9.17) is 21.1 Å². The number of nitrogens with zero attached hydrogens (tertiary/aromatic N) is 2. The number of hydrogen-bond acceptors (Lipinski definition) is 4. The number of fused-ring (bicyclic) bond motifs is 3. The molecule has 2 heterocycles. The molecule has 0 aliphatic carbocycles. The zero-order valence-electron chi connectivity index (χ0n) is 18.6. The van der Waals surface area contributed by atoms with Crippen molar-refractivity contribution in [3.8, 4) is 5.75 Å². The fraction of sp³-hybridized carbons (Fsp3) is 0.333. The molecule has 0 spiro atoms. The summed E-state index contributed by atoms with van der Waals surface area (Å²) >= 11 is 6.16. The van der Waals surface area contributed by atoms with Crippen LogP contribution in [0.2, 0.25) is 5.02 Å².